The minimum atomic E-state index is -1.03. The van der Waals surface area contributed by atoms with E-state index in [1.165, 1.54) is 6.07 Å². The van der Waals surface area contributed by atoms with Crippen LogP contribution in [-0.4, -0.2) is 54.2 Å². The van der Waals surface area contributed by atoms with Gasteiger partial charge in [0.2, 0.25) is 0 Å². The Morgan fingerprint density at radius 1 is 1.45 bits per heavy atom. The highest BCUT2D eigenvalue weighted by Crippen LogP contribution is 2.14. The van der Waals surface area contributed by atoms with Crippen molar-refractivity contribution in [2.75, 3.05) is 26.3 Å². The van der Waals surface area contributed by atoms with Gasteiger partial charge in [0.05, 0.1) is 25.9 Å². The summed E-state index contributed by atoms with van der Waals surface area (Å²) in [6, 6.07) is 3.16. The molecular weight excluding hydrogens is 268 g/mol. The van der Waals surface area contributed by atoms with Crippen molar-refractivity contribution in [2.24, 2.45) is 0 Å². The van der Waals surface area contributed by atoms with E-state index in [-0.39, 0.29) is 36.6 Å². The van der Waals surface area contributed by atoms with Crippen LogP contribution in [0.25, 0.3) is 0 Å². The number of nitrogens with zero attached hydrogens (tertiary/aromatic N) is 1. The number of rotatable bonds is 4. The summed E-state index contributed by atoms with van der Waals surface area (Å²) in [7, 11) is 0. The molecule has 1 N–H and O–H groups in total. The van der Waals surface area contributed by atoms with Gasteiger partial charge in [0.1, 0.15) is 0 Å². The van der Waals surface area contributed by atoms with Crippen LogP contribution in [-0.2, 0) is 4.74 Å². The number of benzene rings is 1. The van der Waals surface area contributed by atoms with Crippen LogP contribution in [0.3, 0.4) is 0 Å². The molecule has 1 aliphatic rings. The van der Waals surface area contributed by atoms with Gasteiger partial charge in [0.25, 0.3) is 0 Å². The van der Waals surface area contributed by atoms with Crippen molar-refractivity contribution in [1.82, 2.24) is 4.90 Å². The van der Waals surface area contributed by atoms with Crippen LogP contribution < -0.4 is 0 Å². The van der Waals surface area contributed by atoms with E-state index in [2.05, 4.69) is 0 Å². The lowest BCUT2D eigenvalue weighted by Crippen LogP contribution is -2.51. The highest BCUT2D eigenvalue weighted by Gasteiger charge is 2.27. The first-order valence-electron chi connectivity index (χ1n) is 6.46. The van der Waals surface area contributed by atoms with E-state index < -0.39 is 11.6 Å². The summed E-state index contributed by atoms with van der Waals surface area (Å²) in [5.74, 6) is -2.28. The molecule has 110 valence electrons. The largest absolute Gasteiger partial charge is 0.394 e. The highest BCUT2D eigenvalue weighted by molar-refractivity contribution is 5.97. The molecule has 0 aliphatic carbocycles. The Morgan fingerprint density at radius 3 is 2.85 bits per heavy atom. The molecule has 4 nitrogen and oxygen atoms in total. The number of morpholine rings is 1. The van der Waals surface area contributed by atoms with Crippen LogP contribution in [0.5, 0.6) is 0 Å². The number of ether oxygens (including phenoxy) is 1. The van der Waals surface area contributed by atoms with Crippen molar-refractivity contribution in [3.8, 4) is 0 Å². The van der Waals surface area contributed by atoms with Crippen molar-refractivity contribution < 1.29 is 23.4 Å². The molecule has 1 heterocycles. The van der Waals surface area contributed by atoms with E-state index in [0.29, 0.717) is 13.2 Å². The fraction of sp³-hybridized carbons (Fsp3) is 0.500. The molecule has 0 saturated carbocycles. The number of ketones is 1. The van der Waals surface area contributed by atoms with Crippen LogP contribution in [0, 0.1) is 11.6 Å². The molecule has 2 rings (SSSR count). The molecular formula is C14H17F2NO3. The Balaban J connectivity index is 2.04. The second kappa shape index (κ2) is 6.39. The lowest BCUT2D eigenvalue weighted by molar-refractivity contribution is -0.0747. The summed E-state index contributed by atoms with van der Waals surface area (Å²) in [6.45, 7) is 2.75. The number of Topliss-reactive ketones (excluding diaryl/α,β-unsaturated/α-hetero) is 1. The van der Waals surface area contributed by atoms with Crippen LogP contribution >= 0.6 is 0 Å². The Hall–Kier alpha value is -1.37. The molecule has 1 aromatic carbocycles. The van der Waals surface area contributed by atoms with Gasteiger partial charge in [-0.15, -0.1) is 0 Å². The average Bonchev–Trinajstić information content (AvgIpc) is 2.44. The predicted molar refractivity (Wildman–Crippen MR) is 68.5 cm³/mol. The van der Waals surface area contributed by atoms with E-state index in [9.17, 15) is 13.6 Å². The Bertz CT molecular complexity index is 495. The lowest BCUT2D eigenvalue weighted by Gasteiger charge is -2.36. The molecule has 0 radical (unpaired) electrons. The number of aliphatic hydroxyl groups excluding tert-OH is 1. The van der Waals surface area contributed by atoms with Crippen LogP contribution in [0.2, 0.25) is 0 Å². The number of hydrogen-bond donors (Lipinski definition) is 1. The zero-order valence-electron chi connectivity index (χ0n) is 11.2. The number of carbonyl (C=O) groups excluding carboxylic acids is 1. The van der Waals surface area contributed by atoms with Crippen LogP contribution in [0.1, 0.15) is 17.3 Å². The summed E-state index contributed by atoms with van der Waals surface area (Å²) in [5.41, 5.74) is 0.142. The Kier molecular flexibility index (Phi) is 4.80. The molecule has 2 atom stereocenters. The number of carbonyl (C=O) groups is 1. The van der Waals surface area contributed by atoms with E-state index in [1.807, 2.05) is 11.8 Å². The maximum absolute atomic E-state index is 13.1. The summed E-state index contributed by atoms with van der Waals surface area (Å²) in [6.07, 6.45) is -0.316. The van der Waals surface area contributed by atoms with Crippen molar-refractivity contribution >= 4 is 5.78 Å². The van der Waals surface area contributed by atoms with E-state index in [0.717, 1.165) is 12.1 Å². The normalized spacial score (nSPS) is 23.8. The maximum Gasteiger partial charge on any atom is 0.176 e. The third kappa shape index (κ3) is 3.39. The second-order valence-corrected chi connectivity index (χ2v) is 4.97. The molecule has 2 unspecified atom stereocenters. The fourth-order valence-electron chi connectivity index (χ4n) is 2.15. The van der Waals surface area contributed by atoms with Gasteiger partial charge in [-0.3, -0.25) is 9.69 Å². The van der Waals surface area contributed by atoms with Crippen molar-refractivity contribution in [3.05, 3.63) is 35.4 Å². The first-order chi connectivity index (χ1) is 9.51. The van der Waals surface area contributed by atoms with E-state index in [1.54, 1.807) is 0 Å². The lowest BCUT2D eigenvalue weighted by atomic mass is 10.1. The third-order valence-electron chi connectivity index (χ3n) is 3.43. The molecule has 1 aliphatic heterocycles. The Morgan fingerprint density at radius 2 is 2.20 bits per heavy atom. The standard InChI is InChI=1S/C14H17F2NO3/c1-9-8-20-11(7-18)5-17(9)6-14(19)10-2-3-12(15)13(16)4-10/h2-4,9,11,18H,5-8H2,1H3. The highest BCUT2D eigenvalue weighted by atomic mass is 19.2. The van der Waals surface area contributed by atoms with Gasteiger partial charge in [0.15, 0.2) is 17.4 Å². The van der Waals surface area contributed by atoms with Crippen LogP contribution in [0.4, 0.5) is 8.78 Å². The first kappa shape index (κ1) is 15.0. The number of halogens is 2. The van der Waals surface area contributed by atoms with Crippen LogP contribution in [0.15, 0.2) is 18.2 Å². The quantitative estimate of drug-likeness (QED) is 0.845. The van der Waals surface area contributed by atoms with Gasteiger partial charge in [-0.25, -0.2) is 8.78 Å². The SMILES string of the molecule is CC1COC(CO)CN1CC(=O)c1ccc(F)c(F)c1. The smallest absolute Gasteiger partial charge is 0.176 e. The average molecular weight is 285 g/mol. The van der Waals surface area contributed by atoms with Gasteiger partial charge >= 0.3 is 0 Å². The molecule has 1 fully saturated rings. The fourth-order valence-corrected chi connectivity index (χ4v) is 2.15. The number of aliphatic hydroxyl groups is 1. The van der Waals surface area contributed by atoms with Gasteiger partial charge in [-0.05, 0) is 25.1 Å². The molecule has 6 heteroatoms. The second-order valence-electron chi connectivity index (χ2n) is 4.97. The summed E-state index contributed by atoms with van der Waals surface area (Å²) in [4.78, 5) is 14.0. The minimum absolute atomic E-state index is 0.0343. The molecule has 0 bridgehead atoms. The van der Waals surface area contributed by atoms with E-state index >= 15 is 0 Å². The molecule has 0 amide bonds. The maximum atomic E-state index is 13.1. The zero-order valence-corrected chi connectivity index (χ0v) is 11.2. The summed E-state index contributed by atoms with van der Waals surface area (Å²) < 4.78 is 31.3. The molecule has 0 spiro atoms. The minimum Gasteiger partial charge on any atom is -0.394 e. The number of hydrogen-bond acceptors (Lipinski definition) is 4. The van der Waals surface area contributed by atoms with Gasteiger partial charge in [0, 0.05) is 18.2 Å². The summed E-state index contributed by atoms with van der Waals surface area (Å²) in [5, 5.41) is 9.09. The molecule has 1 saturated heterocycles. The zero-order chi connectivity index (χ0) is 14.7. The van der Waals surface area contributed by atoms with Crippen molar-refractivity contribution in [3.63, 3.8) is 0 Å². The Labute approximate surface area is 116 Å². The van der Waals surface area contributed by atoms with Gasteiger partial charge in [-0.1, -0.05) is 0 Å². The summed E-state index contributed by atoms with van der Waals surface area (Å²) >= 11 is 0. The molecule has 1 aromatic rings. The monoisotopic (exact) mass is 285 g/mol. The van der Waals surface area contributed by atoms with Crippen molar-refractivity contribution in [2.45, 2.75) is 19.1 Å². The molecule has 20 heavy (non-hydrogen) atoms. The van der Waals surface area contributed by atoms with Gasteiger partial charge < -0.3 is 9.84 Å². The van der Waals surface area contributed by atoms with Crippen molar-refractivity contribution in [1.29, 1.82) is 0 Å². The van der Waals surface area contributed by atoms with E-state index in [4.69, 9.17) is 9.84 Å². The first-order valence-corrected chi connectivity index (χ1v) is 6.46. The molecule has 0 aromatic heterocycles. The van der Waals surface area contributed by atoms with Gasteiger partial charge in [-0.2, -0.15) is 0 Å². The topological polar surface area (TPSA) is 49.8 Å². The predicted octanol–water partition coefficient (Wildman–Crippen LogP) is 1.23. The third-order valence-corrected chi connectivity index (χ3v) is 3.43.